The first kappa shape index (κ1) is 11.6. The number of alkyl halides is 1. The lowest BCUT2D eigenvalue weighted by atomic mass is 9.71. The largest absolute Gasteiger partial charge is 0.126 e. The number of hydrogen-bond donors (Lipinski definition) is 0. The molecule has 92 valence electrons. The first-order valence-electron chi connectivity index (χ1n) is 6.83. The van der Waals surface area contributed by atoms with Crippen molar-refractivity contribution in [3.63, 3.8) is 0 Å². The Morgan fingerprint density at radius 3 is 2.82 bits per heavy atom. The molecule has 17 heavy (non-hydrogen) atoms. The maximum Gasteiger partial charge on any atom is 0.0285 e. The molecule has 0 amide bonds. The van der Waals surface area contributed by atoms with Gasteiger partial charge in [-0.15, -0.1) is 11.6 Å². The van der Waals surface area contributed by atoms with Crippen LogP contribution in [0.25, 0.3) is 0 Å². The van der Waals surface area contributed by atoms with Gasteiger partial charge in [0.05, 0.1) is 0 Å². The first-order valence-corrected chi connectivity index (χ1v) is 7.37. The minimum absolute atomic E-state index is 0.415. The number of hydrogen-bond acceptors (Lipinski definition) is 0. The summed E-state index contributed by atoms with van der Waals surface area (Å²) in [5.74, 6) is 2.72. The quantitative estimate of drug-likeness (QED) is 0.687. The van der Waals surface area contributed by atoms with Crippen LogP contribution in [0.4, 0.5) is 0 Å². The number of aryl methyl sites for hydroxylation is 1. The van der Waals surface area contributed by atoms with Crippen molar-refractivity contribution in [3.8, 4) is 0 Å². The molecule has 2 aliphatic rings. The van der Waals surface area contributed by atoms with Gasteiger partial charge in [-0.1, -0.05) is 36.2 Å². The normalized spacial score (nSPS) is 35.4. The van der Waals surface area contributed by atoms with E-state index in [1.54, 1.807) is 0 Å². The summed E-state index contributed by atoms with van der Waals surface area (Å²) in [6.45, 7) is 2.18. The molecule has 1 heteroatoms. The van der Waals surface area contributed by atoms with Crippen LogP contribution in [0.3, 0.4) is 0 Å². The zero-order valence-corrected chi connectivity index (χ0v) is 11.3. The molecule has 0 aromatic heterocycles. The number of halogens is 1. The molecule has 2 aliphatic carbocycles. The molecule has 0 nitrogen and oxygen atoms in total. The maximum atomic E-state index is 6.35. The molecule has 0 N–H and O–H groups in total. The van der Waals surface area contributed by atoms with Gasteiger partial charge in [-0.3, -0.25) is 0 Å². The van der Waals surface area contributed by atoms with Crippen molar-refractivity contribution in [1.82, 2.24) is 0 Å². The van der Waals surface area contributed by atoms with Gasteiger partial charge in [-0.25, -0.2) is 0 Å². The Labute approximate surface area is 109 Å². The maximum absolute atomic E-state index is 6.35. The van der Waals surface area contributed by atoms with Crippen LogP contribution in [0.15, 0.2) is 24.3 Å². The molecule has 0 aliphatic heterocycles. The molecule has 2 bridgehead atoms. The smallest absolute Gasteiger partial charge is 0.0285 e. The standard InChI is InChI=1S/C16H21Cl/c1-12-3-2-4-13(7-12)9-16(11-17)10-14-5-6-15(16)8-14/h2-4,7,14-15H,5-6,8-11H2,1H3. The molecular weight excluding hydrogens is 228 g/mol. The second kappa shape index (κ2) is 4.31. The number of rotatable bonds is 3. The lowest BCUT2D eigenvalue weighted by Gasteiger charge is -2.36. The van der Waals surface area contributed by atoms with Crippen molar-refractivity contribution in [2.75, 3.05) is 5.88 Å². The highest BCUT2D eigenvalue weighted by Crippen LogP contribution is 2.57. The summed E-state index contributed by atoms with van der Waals surface area (Å²) in [5.41, 5.74) is 3.27. The second-order valence-electron chi connectivity index (χ2n) is 6.24. The Bertz CT molecular complexity index is 412. The molecule has 2 fully saturated rings. The van der Waals surface area contributed by atoms with Crippen molar-refractivity contribution in [3.05, 3.63) is 35.4 Å². The Balaban J connectivity index is 1.83. The van der Waals surface area contributed by atoms with Crippen LogP contribution < -0.4 is 0 Å². The molecule has 0 radical (unpaired) electrons. The van der Waals surface area contributed by atoms with E-state index in [0.717, 1.165) is 17.7 Å². The molecular formula is C16H21Cl. The monoisotopic (exact) mass is 248 g/mol. The highest BCUT2D eigenvalue weighted by molar-refractivity contribution is 6.18. The summed E-state index contributed by atoms with van der Waals surface area (Å²) in [7, 11) is 0. The van der Waals surface area contributed by atoms with Gasteiger partial charge in [-0.05, 0) is 55.4 Å². The van der Waals surface area contributed by atoms with Crippen molar-refractivity contribution in [2.24, 2.45) is 17.3 Å². The molecule has 1 aromatic carbocycles. The second-order valence-corrected chi connectivity index (χ2v) is 6.51. The summed E-state index contributed by atoms with van der Waals surface area (Å²) >= 11 is 6.35. The van der Waals surface area contributed by atoms with Crippen LogP contribution in [0.2, 0.25) is 0 Å². The number of benzene rings is 1. The van der Waals surface area contributed by atoms with Gasteiger partial charge < -0.3 is 0 Å². The van der Waals surface area contributed by atoms with Crippen LogP contribution in [-0.4, -0.2) is 5.88 Å². The Morgan fingerprint density at radius 2 is 2.24 bits per heavy atom. The molecule has 1 aromatic rings. The van der Waals surface area contributed by atoms with E-state index in [9.17, 15) is 0 Å². The SMILES string of the molecule is Cc1cccc(CC2(CCl)CC3CCC2C3)c1. The Morgan fingerprint density at radius 1 is 1.35 bits per heavy atom. The lowest BCUT2D eigenvalue weighted by Crippen LogP contribution is -2.32. The third-order valence-electron chi connectivity index (χ3n) is 5.01. The van der Waals surface area contributed by atoms with E-state index in [1.165, 1.54) is 43.2 Å². The first-order chi connectivity index (χ1) is 8.22. The van der Waals surface area contributed by atoms with Crippen LogP contribution in [-0.2, 0) is 6.42 Å². The van der Waals surface area contributed by atoms with Gasteiger partial charge >= 0.3 is 0 Å². The molecule has 3 atom stereocenters. The van der Waals surface area contributed by atoms with E-state index in [4.69, 9.17) is 11.6 Å². The van der Waals surface area contributed by atoms with Crippen molar-refractivity contribution in [2.45, 2.75) is 39.0 Å². The fourth-order valence-electron chi connectivity index (χ4n) is 4.21. The van der Waals surface area contributed by atoms with Crippen LogP contribution in [0, 0.1) is 24.2 Å². The van der Waals surface area contributed by atoms with Crippen LogP contribution in [0.5, 0.6) is 0 Å². The van der Waals surface area contributed by atoms with Gasteiger partial charge in [0.1, 0.15) is 0 Å². The van der Waals surface area contributed by atoms with E-state index in [-0.39, 0.29) is 0 Å². The van der Waals surface area contributed by atoms with Crippen molar-refractivity contribution in [1.29, 1.82) is 0 Å². The topological polar surface area (TPSA) is 0 Å². The highest BCUT2D eigenvalue weighted by atomic mass is 35.5. The third-order valence-corrected chi connectivity index (χ3v) is 5.54. The van der Waals surface area contributed by atoms with Gasteiger partial charge in [0.2, 0.25) is 0 Å². The molecule has 2 saturated carbocycles. The molecule has 3 unspecified atom stereocenters. The fraction of sp³-hybridized carbons (Fsp3) is 0.625. The van der Waals surface area contributed by atoms with Gasteiger partial charge in [0, 0.05) is 5.88 Å². The van der Waals surface area contributed by atoms with Crippen LogP contribution >= 0.6 is 11.6 Å². The van der Waals surface area contributed by atoms with E-state index < -0.39 is 0 Å². The Hall–Kier alpha value is -0.490. The minimum atomic E-state index is 0.415. The zero-order valence-electron chi connectivity index (χ0n) is 10.6. The predicted molar refractivity (Wildman–Crippen MR) is 73.5 cm³/mol. The summed E-state index contributed by atoms with van der Waals surface area (Å²) in [5, 5.41) is 0. The van der Waals surface area contributed by atoms with Gasteiger partial charge in [-0.2, -0.15) is 0 Å². The van der Waals surface area contributed by atoms with Crippen LogP contribution in [0.1, 0.15) is 36.8 Å². The van der Waals surface area contributed by atoms with Gasteiger partial charge in [0.25, 0.3) is 0 Å². The summed E-state index contributed by atoms with van der Waals surface area (Å²) in [6.07, 6.45) is 6.88. The van der Waals surface area contributed by atoms with E-state index in [0.29, 0.717) is 5.41 Å². The molecule has 0 saturated heterocycles. The summed E-state index contributed by atoms with van der Waals surface area (Å²) in [4.78, 5) is 0. The fourth-order valence-corrected chi connectivity index (χ4v) is 4.64. The summed E-state index contributed by atoms with van der Waals surface area (Å²) in [6, 6.07) is 8.96. The van der Waals surface area contributed by atoms with Crippen molar-refractivity contribution < 1.29 is 0 Å². The average Bonchev–Trinajstić information content (AvgIpc) is 2.89. The minimum Gasteiger partial charge on any atom is -0.126 e. The Kier molecular flexibility index (Phi) is 2.94. The average molecular weight is 249 g/mol. The van der Waals surface area contributed by atoms with E-state index in [1.807, 2.05) is 0 Å². The molecule has 0 spiro atoms. The molecule has 3 rings (SSSR count). The van der Waals surface area contributed by atoms with E-state index >= 15 is 0 Å². The predicted octanol–water partition coefficient (Wildman–Crippen LogP) is 4.58. The van der Waals surface area contributed by atoms with Crippen molar-refractivity contribution >= 4 is 11.6 Å². The highest BCUT2D eigenvalue weighted by Gasteiger charge is 2.50. The third kappa shape index (κ3) is 2.01. The van der Waals surface area contributed by atoms with E-state index in [2.05, 4.69) is 31.2 Å². The lowest BCUT2D eigenvalue weighted by molar-refractivity contribution is 0.193. The van der Waals surface area contributed by atoms with Gasteiger partial charge in [0.15, 0.2) is 0 Å². The number of fused-ring (bicyclic) bond motifs is 2. The zero-order chi connectivity index (χ0) is 11.9. The summed E-state index contributed by atoms with van der Waals surface area (Å²) < 4.78 is 0. The molecule has 0 heterocycles.